The quantitative estimate of drug-likeness (QED) is 0.423. The summed E-state index contributed by atoms with van der Waals surface area (Å²) in [4.78, 5) is 18.9. The van der Waals surface area contributed by atoms with Crippen molar-refractivity contribution < 1.29 is 14.4 Å². The van der Waals surface area contributed by atoms with Crippen LogP contribution in [0.5, 0.6) is 0 Å². The van der Waals surface area contributed by atoms with Gasteiger partial charge in [0.15, 0.2) is 0 Å². The average Bonchev–Trinajstić information content (AvgIpc) is 2.60. The second-order valence-electron chi connectivity index (χ2n) is 5.30. The third-order valence-corrected chi connectivity index (χ3v) is 3.59. The number of hydrogen-bond donors (Lipinski definition) is 1. The van der Waals surface area contributed by atoms with Crippen LogP contribution >= 0.6 is 0 Å². The van der Waals surface area contributed by atoms with E-state index in [0.29, 0.717) is 30.3 Å². The van der Waals surface area contributed by atoms with Crippen LogP contribution < -0.4 is 5.32 Å². The molecule has 0 aliphatic carbocycles. The van der Waals surface area contributed by atoms with Crippen molar-refractivity contribution >= 4 is 11.5 Å². The first kappa shape index (κ1) is 18.8. The van der Waals surface area contributed by atoms with Gasteiger partial charge in [-0.25, -0.2) is 4.98 Å². The Balaban J connectivity index is 2.25. The number of ether oxygens (including phenoxy) is 2. The number of aryl methyl sites for hydroxylation is 1. The summed E-state index contributed by atoms with van der Waals surface area (Å²) in [5, 5.41) is 14.0. The monoisotopic (exact) mass is 346 g/mol. The van der Waals surface area contributed by atoms with Crippen LogP contribution in [0.4, 0.5) is 11.5 Å². The summed E-state index contributed by atoms with van der Waals surface area (Å²) < 4.78 is 11.8. The lowest BCUT2D eigenvalue weighted by Gasteiger charge is -2.32. The molecule has 0 saturated carbocycles. The van der Waals surface area contributed by atoms with Gasteiger partial charge in [-0.2, -0.15) is 0 Å². The molecule has 1 N–H and O–H groups in total. The van der Waals surface area contributed by atoms with Crippen molar-refractivity contribution in [2.75, 3.05) is 25.1 Å². The Morgan fingerprint density at radius 3 is 2.48 bits per heavy atom. The maximum absolute atomic E-state index is 10.9. The highest BCUT2D eigenvalue weighted by atomic mass is 16.7. The Kier molecular flexibility index (Phi) is 6.37. The van der Waals surface area contributed by atoms with Crippen molar-refractivity contribution in [1.82, 2.24) is 9.97 Å². The second-order valence-corrected chi connectivity index (χ2v) is 5.30. The van der Waals surface area contributed by atoms with Crippen molar-refractivity contribution in [3.05, 3.63) is 58.0 Å². The molecule has 2 aromatic rings. The van der Waals surface area contributed by atoms with Gasteiger partial charge in [-0.3, -0.25) is 15.1 Å². The molecule has 0 atom stereocenters. The zero-order chi connectivity index (χ0) is 18.3. The molecular weight excluding hydrogens is 324 g/mol. The summed E-state index contributed by atoms with van der Waals surface area (Å²) in [6.07, 6.45) is 2.91. The number of nitrogens with one attached hydrogen (secondary N) is 1. The number of hydrogen-bond acceptors (Lipinski definition) is 7. The predicted molar refractivity (Wildman–Crippen MR) is 93.3 cm³/mol. The van der Waals surface area contributed by atoms with Crippen LogP contribution in [0, 0.1) is 17.0 Å². The molecule has 8 heteroatoms. The Labute approximate surface area is 146 Å². The van der Waals surface area contributed by atoms with Gasteiger partial charge < -0.3 is 14.8 Å². The molecule has 8 nitrogen and oxygen atoms in total. The number of pyridine rings is 2. The van der Waals surface area contributed by atoms with Gasteiger partial charge in [0, 0.05) is 25.0 Å². The molecule has 0 aliphatic heterocycles. The minimum Gasteiger partial charge on any atom is -0.364 e. The molecule has 2 aromatic heterocycles. The first-order chi connectivity index (χ1) is 12.0. The molecule has 0 aromatic carbocycles. The van der Waals surface area contributed by atoms with Crippen molar-refractivity contribution in [3.63, 3.8) is 0 Å². The van der Waals surface area contributed by atoms with Gasteiger partial charge in [-0.15, -0.1) is 0 Å². The fourth-order valence-electron chi connectivity index (χ4n) is 2.48. The Hall–Kier alpha value is -2.58. The first-order valence-corrected chi connectivity index (χ1v) is 8.06. The third-order valence-electron chi connectivity index (χ3n) is 3.59. The van der Waals surface area contributed by atoms with Gasteiger partial charge in [0.25, 0.3) is 5.69 Å². The first-order valence-electron chi connectivity index (χ1n) is 8.06. The molecule has 0 unspecified atom stereocenters. The number of aromatic nitrogens is 2. The van der Waals surface area contributed by atoms with Crippen molar-refractivity contribution in [3.8, 4) is 0 Å². The minimum atomic E-state index is -1.07. The van der Waals surface area contributed by atoms with Crippen LogP contribution in [0.15, 0.2) is 36.7 Å². The van der Waals surface area contributed by atoms with Crippen LogP contribution in [0.2, 0.25) is 0 Å². The van der Waals surface area contributed by atoms with E-state index in [2.05, 4.69) is 15.3 Å². The second kappa shape index (κ2) is 8.50. The van der Waals surface area contributed by atoms with Crippen molar-refractivity contribution in [1.29, 1.82) is 0 Å². The SMILES string of the molecule is CCOC(CNc1cc(C)c([N+](=O)[O-])cn1)(OCC)c1ccccn1. The maximum Gasteiger partial charge on any atom is 0.290 e. The molecule has 0 spiro atoms. The van der Waals surface area contributed by atoms with E-state index in [-0.39, 0.29) is 12.2 Å². The summed E-state index contributed by atoms with van der Waals surface area (Å²) in [7, 11) is 0. The minimum absolute atomic E-state index is 0.0174. The summed E-state index contributed by atoms with van der Waals surface area (Å²) >= 11 is 0. The van der Waals surface area contributed by atoms with Crippen LogP contribution in [0.3, 0.4) is 0 Å². The number of anilines is 1. The number of rotatable bonds is 9. The van der Waals surface area contributed by atoms with Gasteiger partial charge in [-0.1, -0.05) is 6.07 Å². The topological polar surface area (TPSA) is 99.4 Å². The molecule has 2 rings (SSSR count). The van der Waals surface area contributed by atoms with Crippen molar-refractivity contribution in [2.24, 2.45) is 0 Å². The number of nitrogens with zero attached hydrogens (tertiary/aromatic N) is 3. The Bertz CT molecular complexity index is 703. The van der Waals surface area contributed by atoms with Gasteiger partial charge >= 0.3 is 0 Å². The van der Waals surface area contributed by atoms with E-state index in [4.69, 9.17) is 9.47 Å². The predicted octanol–water partition coefficient (Wildman–Crippen LogP) is 3.03. The average molecular weight is 346 g/mol. The zero-order valence-electron chi connectivity index (χ0n) is 14.6. The lowest BCUT2D eigenvalue weighted by atomic mass is 10.1. The molecule has 134 valence electrons. The maximum atomic E-state index is 10.9. The van der Waals surface area contributed by atoms with E-state index in [1.54, 1.807) is 19.2 Å². The smallest absolute Gasteiger partial charge is 0.290 e. The summed E-state index contributed by atoms with van der Waals surface area (Å²) in [5.41, 5.74) is 1.15. The van der Waals surface area contributed by atoms with E-state index in [1.807, 2.05) is 32.0 Å². The van der Waals surface area contributed by atoms with Crippen molar-refractivity contribution in [2.45, 2.75) is 26.6 Å². The molecule has 2 heterocycles. The van der Waals surface area contributed by atoms with E-state index in [0.717, 1.165) is 0 Å². The molecule has 0 radical (unpaired) electrons. The highest BCUT2D eigenvalue weighted by Crippen LogP contribution is 2.27. The molecule has 25 heavy (non-hydrogen) atoms. The molecule has 0 fully saturated rings. The standard InChI is InChI=1S/C17H22N4O4/c1-4-24-17(25-5-2,15-8-6-7-9-18-15)12-20-16-10-13(3)14(11-19-16)21(22)23/h6-11H,4-5,12H2,1-3H3,(H,19,20). The van der Waals surface area contributed by atoms with Gasteiger partial charge in [0.1, 0.15) is 17.7 Å². The van der Waals surface area contributed by atoms with E-state index >= 15 is 0 Å². The molecule has 0 aliphatic rings. The van der Waals surface area contributed by atoms with E-state index in [1.165, 1.54) is 6.20 Å². The lowest BCUT2D eigenvalue weighted by molar-refractivity contribution is -0.385. The van der Waals surface area contributed by atoms with Crippen LogP contribution in [0.1, 0.15) is 25.1 Å². The summed E-state index contributed by atoms with van der Waals surface area (Å²) in [5.74, 6) is -0.565. The highest BCUT2D eigenvalue weighted by Gasteiger charge is 2.35. The summed E-state index contributed by atoms with van der Waals surface area (Å²) in [6, 6.07) is 7.14. The van der Waals surface area contributed by atoms with Gasteiger partial charge in [0.2, 0.25) is 5.79 Å². The largest absolute Gasteiger partial charge is 0.364 e. The van der Waals surface area contributed by atoms with Crippen LogP contribution in [-0.4, -0.2) is 34.6 Å². The van der Waals surface area contributed by atoms with Crippen LogP contribution in [-0.2, 0) is 15.3 Å². The molecule has 0 saturated heterocycles. The Morgan fingerprint density at radius 1 is 1.24 bits per heavy atom. The normalized spacial score (nSPS) is 11.3. The molecule has 0 bridgehead atoms. The van der Waals surface area contributed by atoms with E-state index in [9.17, 15) is 10.1 Å². The zero-order valence-corrected chi connectivity index (χ0v) is 14.6. The fraction of sp³-hybridized carbons (Fsp3) is 0.412. The van der Waals surface area contributed by atoms with Crippen LogP contribution in [0.25, 0.3) is 0 Å². The summed E-state index contributed by atoms with van der Waals surface area (Å²) in [6.45, 7) is 6.56. The Morgan fingerprint density at radius 2 is 1.96 bits per heavy atom. The molecule has 0 amide bonds. The van der Waals surface area contributed by atoms with Gasteiger partial charge in [-0.05, 0) is 39.0 Å². The fourth-order valence-corrected chi connectivity index (χ4v) is 2.48. The van der Waals surface area contributed by atoms with Gasteiger partial charge in [0.05, 0.1) is 11.5 Å². The number of nitro groups is 1. The lowest BCUT2D eigenvalue weighted by Crippen LogP contribution is -2.41. The van der Waals surface area contributed by atoms with E-state index < -0.39 is 10.7 Å². The highest BCUT2D eigenvalue weighted by molar-refractivity contribution is 5.47. The third kappa shape index (κ3) is 4.49. The molecular formula is C17H22N4O4.